The first-order valence-corrected chi connectivity index (χ1v) is 3.53. The normalized spacial score (nSPS) is 21.0. The minimum absolute atomic E-state index is 0.0973. The largest absolute Gasteiger partial charge is 0.391 e. The van der Waals surface area contributed by atoms with Gasteiger partial charge in [0.05, 0.1) is 6.10 Å². The van der Waals surface area contributed by atoms with Crippen molar-refractivity contribution in [3.63, 3.8) is 0 Å². The molecule has 0 aliphatic carbocycles. The van der Waals surface area contributed by atoms with E-state index in [1.807, 2.05) is 13.8 Å². The third kappa shape index (κ3) is 2.82. The molecular weight excluding hydrogens is 114 g/mol. The molecule has 0 aliphatic rings. The van der Waals surface area contributed by atoms with Crippen molar-refractivity contribution in [3.05, 3.63) is 0 Å². The van der Waals surface area contributed by atoms with Crippen LogP contribution in [-0.4, -0.2) is 17.3 Å². The van der Waals surface area contributed by atoms with Gasteiger partial charge < -0.3 is 10.8 Å². The summed E-state index contributed by atoms with van der Waals surface area (Å²) in [5.74, 6) is 0.324. The Morgan fingerprint density at radius 1 is 1.44 bits per heavy atom. The monoisotopic (exact) mass is 131 g/mol. The SMILES string of the molecule is CCC(C)C(O)[C@@H](C)N. The lowest BCUT2D eigenvalue weighted by molar-refractivity contribution is 0.0937. The Bertz CT molecular complexity index is 73.3. The van der Waals surface area contributed by atoms with Gasteiger partial charge in [0, 0.05) is 6.04 Å². The van der Waals surface area contributed by atoms with Crippen LogP contribution in [0.3, 0.4) is 0 Å². The predicted octanol–water partition coefficient (Wildman–Crippen LogP) is 0.741. The molecule has 3 atom stereocenters. The molecule has 0 bridgehead atoms. The molecule has 0 aliphatic heterocycles. The van der Waals surface area contributed by atoms with Crippen molar-refractivity contribution in [3.8, 4) is 0 Å². The molecule has 0 amide bonds. The summed E-state index contributed by atoms with van der Waals surface area (Å²) in [6, 6.07) is -0.0973. The first-order chi connectivity index (χ1) is 4.09. The summed E-state index contributed by atoms with van der Waals surface area (Å²) < 4.78 is 0. The standard InChI is InChI=1S/C7H17NO/c1-4-5(2)7(9)6(3)8/h5-7,9H,4,8H2,1-3H3/t5?,6-,7?/m1/s1. The molecule has 56 valence electrons. The second-order valence-corrected chi connectivity index (χ2v) is 2.74. The number of hydrogen-bond donors (Lipinski definition) is 2. The molecular formula is C7H17NO. The zero-order chi connectivity index (χ0) is 7.44. The Hall–Kier alpha value is -0.0800. The maximum Gasteiger partial charge on any atom is 0.0713 e. The van der Waals surface area contributed by atoms with Crippen LogP contribution in [0.4, 0.5) is 0 Å². The van der Waals surface area contributed by atoms with E-state index in [1.165, 1.54) is 0 Å². The third-order valence-electron chi connectivity index (χ3n) is 1.77. The van der Waals surface area contributed by atoms with E-state index in [2.05, 4.69) is 6.92 Å². The van der Waals surface area contributed by atoms with Crippen LogP contribution in [0.2, 0.25) is 0 Å². The van der Waals surface area contributed by atoms with Crippen LogP contribution in [-0.2, 0) is 0 Å². The number of nitrogens with two attached hydrogens (primary N) is 1. The zero-order valence-corrected chi connectivity index (χ0v) is 6.46. The molecule has 2 heteroatoms. The maximum atomic E-state index is 9.27. The van der Waals surface area contributed by atoms with E-state index in [4.69, 9.17) is 5.73 Å². The molecule has 0 radical (unpaired) electrons. The molecule has 0 aromatic heterocycles. The summed E-state index contributed by atoms with van der Waals surface area (Å²) in [7, 11) is 0. The van der Waals surface area contributed by atoms with Crippen molar-refractivity contribution >= 4 is 0 Å². The van der Waals surface area contributed by atoms with Crippen LogP contribution in [0.5, 0.6) is 0 Å². The zero-order valence-electron chi connectivity index (χ0n) is 6.46. The average Bonchev–Trinajstić information content (AvgIpc) is 1.84. The van der Waals surface area contributed by atoms with E-state index in [-0.39, 0.29) is 12.1 Å². The van der Waals surface area contributed by atoms with Gasteiger partial charge in [-0.05, 0) is 12.8 Å². The lowest BCUT2D eigenvalue weighted by Gasteiger charge is -2.20. The fourth-order valence-corrected chi connectivity index (χ4v) is 0.760. The van der Waals surface area contributed by atoms with Crippen molar-refractivity contribution in [1.82, 2.24) is 0 Å². The quantitative estimate of drug-likeness (QED) is 0.593. The number of aliphatic hydroxyl groups excluding tert-OH is 1. The molecule has 0 aromatic rings. The fraction of sp³-hybridized carbons (Fsp3) is 1.00. The first-order valence-electron chi connectivity index (χ1n) is 3.53. The Morgan fingerprint density at radius 2 is 1.89 bits per heavy atom. The van der Waals surface area contributed by atoms with Gasteiger partial charge in [-0.15, -0.1) is 0 Å². The summed E-state index contributed by atoms with van der Waals surface area (Å²) in [5, 5.41) is 9.27. The van der Waals surface area contributed by atoms with Gasteiger partial charge in [0.1, 0.15) is 0 Å². The highest BCUT2D eigenvalue weighted by Crippen LogP contribution is 2.08. The Morgan fingerprint density at radius 3 is 2.00 bits per heavy atom. The highest BCUT2D eigenvalue weighted by molar-refractivity contribution is 4.70. The molecule has 0 rings (SSSR count). The summed E-state index contributed by atoms with van der Waals surface area (Å²) in [6.07, 6.45) is 0.651. The molecule has 0 aromatic carbocycles. The van der Waals surface area contributed by atoms with Gasteiger partial charge >= 0.3 is 0 Å². The van der Waals surface area contributed by atoms with E-state index >= 15 is 0 Å². The van der Waals surface area contributed by atoms with Crippen LogP contribution < -0.4 is 5.73 Å². The van der Waals surface area contributed by atoms with Gasteiger partial charge in [0.15, 0.2) is 0 Å². The van der Waals surface area contributed by atoms with Gasteiger partial charge in [-0.1, -0.05) is 20.3 Å². The number of aliphatic hydroxyl groups is 1. The first kappa shape index (κ1) is 8.92. The topological polar surface area (TPSA) is 46.2 Å². The van der Waals surface area contributed by atoms with Crippen LogP contribution in [0.1, 0.15) is 27.2 Å². The Balaban J connectivity index is 3.58. The molecule has 0 saturated heterocycles. The van der Waals surface area contributed by atoms with Crippen molar-refractivity contribution in [1.29, 1.82) is 0 Å². The van der Waals surface area contributed by atoms with Gasteiger partial charge in [-0.25, -0.2) is 0 Å². The van der Waals surface area contributed by atoms with Crippen molar-refractivity contribution in [2.24, 2.45) is 11.7 Å². The van der Waals surface area contributed by atoms with Crippen LogP contribution in [0.15, 0.2) is 0 Å². The molecule has 0 fully saturated rings. The minimum atomic E-state index is -0.338. The third-order valence-corrected chi connectivity index (χ3v) is 1.77. The van der Waals surface area contributed by atoms with Crippen molar-refractivity contribution in [2.45, 2.75) is 39.3 Å². The van der Waals surface area contributed by atoms with Gasteiger partial charge in [-0.2, -0.15) is 0 Å². The number of hydrogen-bond acceptors (Lipinski definition) is 2. The van der Waals surface area contributed by atoms with Gasteiger partial charge in [0.25, 0.3) is 0 Å². The number of rotatable bonds is 3. The van der Waals surface area contributed by atoms with Crippen LogP contribution in [0.25, 0.3) is 0 Å². The van der Waals surface area contributed by atoms with Gasteiger partial charge in [-0.3, -0.25) is 0 Å². The van der Waals surface area contributed by atoms with E-state index in [1.54, 1.807) is 0 Å². The Labute approximate surface area is 57.1 Å². The van der Waals surface area contributed by atoms with Crippen LogP contribution >= 0.6 is 0 Å². The summed E-state index contributed by atoms with van der Waals surface area (Å²) >= 11 is 0. The molecule has 0 heterocycles. The second kappa shape index (κ2) is 3.85. The lowest BCUT2D eigenvalue weighted by atomic mass is 9.97. The molecule has 2 nitrogen and oxygen atoms in total. The van der Waals surface area contributed by atoms with E-state index < -0.39 is 0 Å². The molecule has 0 saturated carbocycles. The molecule has 2 unspecified atom stereocenters. The predicted molar refractivity (Wildman–Crippen MR) is 39.1 cm³/mol. The van der Waals surface area contributed by atoms with E-state index in [0.29, 0.717) is 5.92 Å². The molecule has 3 N–H and O–H groups in total. The summed E-state index contributed by atoms with van der Waals surface area (Å²) in [6.45, 7) is 5.89. The highest BCUT2D eigenvalue weighted by Gasteiger charge is 2.15. The summed E-state index contributed by atoms with van der Waals surface area (Å²) in [5.41, 5.74) is 5.46. The Kier molecular flexibility index (Phi) is 3.82. The van der Waals surface area contributed by atoms with E-state index in [9.17, 15) is 5.11 Å². The van der Waals surface area contributed by atoms with Crippen molar-refractivity contribution < 1.29 is 5.11 Å². The second-order valence-electron chi connectivity index (χ2n) is 2.74. The lowest BCUT2D eigenvalue weighted by Crippen LogP contribution is -2.36. The smallest absolute Gasteiger partial charge is 0.0713 e. The maximum absolute atomic E-state index is 9.27. The highest BCUT2D eigenvalue weighted by atomic mass is 16.3. The molecule has 9 heavy (non-hydrogen) atoms. The van der Waals surface area contributed by atoms with Gasteiger partial charge in [0.2, 0.25) is 0 Å². The fourth-order valence-electron chi connectivity index (χ4n) is 0.760. The molecule has 0 spiro atoms. The summed E-state index contributed by atoms with van der Waals surface area (Å²) in [4.78, 5) is 0. The van der Waals surface area contributed by atoms with Crippen molar-refractivity contribution in [2.75, 3.05) is 0 Å². The van der Waals surface area contributed by atoms with E-state index in [0.717, 1.165) is 6.42 Å². The minimum Gasteiger partial charge on any atom is -0.391 e. The van der Waals surface area contributed by atoms with Crippen LogP contribution in [0, 0.1) is 5.92 Å². The average molecular weight is 131 g/mol.